The van der Waals surface area contributed by atoms with E-state index in [-0.39, 0.29) is 11.7 Å². The van der Waals surface area contributed by atoms with Crippen LogP contribution in [0.4, 0.5) is 4.39 Å². The second kappa shape index (κ2) is 8.11. The summed E-state index contributed by atoms with van der Waals surface area (Å²) in [4.78, 5) is 14.2. The fraction of sp³-hybridized carbons (Fsp3) is 0.263. The minimum Gasteiger partial charge on any atom is -0.480 e. The monoisotopic (exact) mass is 326 g/mol. The van der Waals surface area contributed by atoms with Gasteiger partial charge in [-0.1, -0.05) is 24.3 Å². The van der Waals surface area contributed by atoms with Crippen molar-refractivity contribution in [2.75, 3.05) is 6.54 Å². The highest BCUT2D eigenvalue weighted by Crippen LogP contribution is 2.19. The number of amides is 1. The molecule has 0 fully saturated rings. The summed E-state index contributed by atoms with van der Waals surface area (Å²) in [5.74, 6) is -0.166. The number of hydrogen-bond donors (Lipinski definition) is 0. The number of para-hydroxylation sites is 1. The number of carbonyl (C=O) groups excluding carboxylic acids is 1. The highest BCUT2D eigenvalue weighted by atomic mass is 19.1. The molecule has 0 aliphatic heterocycles. The topological polar surface area (TPSA) is 53.3 Å². The zero-order valence-electron chi connectivity index (χ0n) is 13.7. The zero-order valence-corrected chi connectivity index (χ0v) is 13.7. The summed E-state index contributed by atoms with van der Waals surface area (Å²) in [6.45, 7) is 4.28. The number of rotatable bonds is 6. The molecule has 5 heteroatoms. The largest absolute Gasteiger partial charge is 0.480 e. The third-order valence-corrected chi connectivity index (χ3v) is 3.61. The van der Waals surface area contributed by atoms with Crippen LogP contribution < -0.4 is 4.74 Å². The molecule has 124 valence electrons. The van der Waals surface area contributed by atoms with Crippen molar-refractivity contribution in [3.8, 4) is 11.8 Å². The van der Waals surface area contributed by atoms with Gasteiger partial charge in [-0.15, -0.1) is 0 Å². The Kier molecular flexibility index (Phi) is 5.91. The van der Waals surface area contributed by atoms with Crippen LogP contribution >= 0.6 is 0 Å². The molecule has 0 saturated heterocycles. The molecule has 1 atom stereocenters. The Hall–Kier alpha value is -2.87. The Morgan fingerprint density at radius 3 is 2.71 bits per heavy atom. The van der Waals surface area contributed by atoms with Crippen LogP contribution in [0.5, 0.6) is 5.75 Å². The lowest BCUT2D eigenvalue weighted by Crippen LogP contribution is -2.40. The molecule has 4 nitrogen and oxygen atoms in total. The summed E-state index contributed by atoms with van der Waals surface area (Å²) >= 11 is 0. The van der Waals surface area contributed by atoms with Crippen LogP contribution in [0.25, 0.3) is 0 Å². The van der Waals surface area contributed by atoms with Crippen molar-refractivity contribution in [1.29, 1.82) is 5.26 Å². The van der Waals surface area contributed by atoms with Gasteiger partial charge in [0.1, 0.15) is 17.6 Å². The van der Waals surface area contributed by atoms with Gasteiger partial charge in [0.15, 0.2) is 6.10 Å². The molecular weight excluding hydrogens is 307 g/mol. The molecule has 0 spiro atoms. The Morgan fingerprint density at radius 1 is 1.29 bits per heavy atom. The van der Waals surface area contributed by atoms with Gasteiger partial charge in [-0.05, 0) is 43.7 Å². The van der Waals surface area contributed by atoms with Crippen molar-refractivity contribution in [3.05, 3.63) is 65.5 Å². The maximum absolute atomic E-state index is 13.3. The number of halogens is 1. The lowest BCUT2D eigenvalue weighted by Gasteiger charge is -2.25. The zero-order chi connectivity index (χ0) is 17.5. The lowest BCUT2D eigenvalue weighted by atomic mass is 10.2. The lowest BCUT2D eigenvalue weighted by molar-refractivity contribution is -0.138. The second-order valence-electron chi connectivity index (χ2n) is 5.35. The van der Waals surface area contributed by atoms with E-state index in [1.54, 1.807) is 48.2 Å². The highest BCUT2D eigenvalue weighted by molar-refractivity contribution is 5.81. The van der Waals surface area contributed by atoms with Gasteiger partial charge in [-0.25, -0.2) is 4.39 Å². The van der Waals surface area contributed by atoms with E-state index in [1.165, 1.54) is 12.1 Å². The molecule has 0 aliphatic rings. The Morgan fingerprint density at radius 2 is 2.04 bits per heavy atom. The highest BCUT2D eigenvalue weighted by Gasteiger charge is 2.22. The van der Waals surface area contributed by atoms with Crippen LogP contribution in [0, 0.1) is 17.1 Å². The predicted molar refractivity (Wildman–Crippen MR) is 88.7 cm³/mol. The van der Waals surface area contributed by atoms with E-state index in [0.717, 1.165) is 5.56 Å². The molecule has 24 heavy (non-hydrogen) atoms. The summed E-state index contributed by atoms with van der Waals surface area (Å²) in [5.41, 5.74) is 1.10. The van der Waals surface area contributed by atoms with Crippen LogP contribution in [0.3, 0.4) is 0 Å². The number of likely N-dealkylation sites (N-methyl/N-ethyl adjacent to an activating group) is 1. The predicted octanol–water partition coefficient (Wildman–Crippen LogP) is 3.51. The summed E-state index contributed by atoms with van der Waals surface area (Å²) in [6.07, 6.45) is -0.743. The first-order valence-corrected chi connectivity index (χ1v) is 7.74. The standard InChI is InChI=1S/C19H19FN2O2/c1-3-22(13-15-7-6-9-17(20)11-15)19(23)14(2)24-18-10-5-4-8-16(18)12-21/h4-11,14H,3,13H2,1-2H3. The summed E-state index contributed by atoms with van der Waals surface area (Å²) in [7, 11) is 0. The molecule has 0 saturated carbocycles. The van der Waals surface area contributed by atoms with E-state index in [9.17, 15) is 9.18 Å². The molecule has 0 N–H and O–H groups in total. The first-order chi connectivity index (χ1) is 11.5. The van der Waals surface area contributed by atoms with Crippen LogP contribution in [-0.4, -0.2) is 23.5 Å². The van der Waals surface area contributed by atoms with E-state index >= 15 is 0 Å². The normalized spacial score (nSPS) is 11.4. The summed E-state index contributed by atoms with van der Waals surface area (Å²) in [6, 6.07) is 15.0. The fourth-order valence-electron chi connectivity index (χ4n) is 2.36. The molecule has 1 amide bonds. The number of benzene rings is 2. The Balaban J connectivity index is 2.08. The van der Waals surface area contributed by atoms with E-state index in [4.69, 9.17) is 10.00 Å². The van der Waals surface area contributed by atoms with E-state index in [2.05, 4.69) is 0 Å². The van der Waals surface area contributed by atoms with Crippen molar-refractivity contribution in [1.82, 2.24) is 4.90 Å². The van der Waals surface area contributed by atoms with Gasteiger partial charge in [0.25, 0.3) is 5.91 Å². The SMILES string of the molecule is CCN(Cc1cccc(F)c1)C(=O)C(C)Oc1ccccc1C#N. The second-order valence-corrected chi connectivity index (χ2v) is 5.35. The van der Waals surface area contributed by atoms with Crippen molar-refractivity contribution in [2.45, 2.75) is 26.5 Å². The smallest absolute Gasteiger partial charge is 0.263 e. The number of ether oxygens (including phenoxy) is 1. The van der Waals surface area contributed by atoms with Crippen molar-refractivity contribution in [3.63, 3.8) is 0 Å². The minimum absolute atomic E-state index is 0.213. The molecule has 0 aliphatic carbocycles. The summed E-state index contributed by atoms with van der Waals surface area (Å²) < 4.78 is 18.9. The number of hydrogen-bond acceptors (Lipinski definition) is 3. The van der Waals surface area contributed by atoms with Gasteiger partial charge in [0.2, 0.25) is 0 Å². The van der Waals surface area contributed by atoms with Crippen molar-refractivity contribution >= 4 is 5.91 Å². The Labute approximate surface area is 141 Å². The molecular formula is C19H19FN2O2. The number of carbonyl (C=O) groups is 1. The van der Waals surface area contributed by atoms with Crippen molar-refractivity contribution in [2.24, 2.45) is 0 Å². The first-order valence-electron chi connectivity index (χ1n) is 7.74. The van der Waals surface area contributed by atoms with Gasteiger partial charge in [-0.2, -0.15) is 5.26 Å². The Bertz CT molecular complexity index is 755. The van der Waals surface area contributed by atoms with Gasteiger partial charge in [-0.3, -0.25) is 4.79 Å². The third-order valence-electron chi connectivity index (χ3n) is 3.61. The maximum atomic E-state index is 13.3. The average molecular weight is 326 g/mol. The molecule has 0 bridgehead atoms. The van der Waals surface area contributed by atoms with E-state index in [0.29, 0.717) is 24.4 Å². The molecule has 2 rings (SSSR count). The van der Waals surface area contributed by atoms with Gasteiger partial charge >= 0.3 is 0 Å². The minimum atomic E-state index is -0.743. The quantitative estimate of drug-likeness (QED) is 0.816. The third kappa shape index (κ3) is 4.32. The molecule has 0 aromatic heterocycles. The van der Waals surface area contributed by atoms with Crippen LogP contribution in [-0.2, 0) is 11.3 Å². The van der Waals surface area contributed by atoms with E-state index < -0.39 is 6.10 Å². The maximum Gasteiger partial charge on any atom is 0.263 e. The number of nitriles is 1. The van der Waals surface area contributed by atoms with Gasteiger partial charge < -0.3 is 9.64 Å². The van der Waals surface area contributed by atoms with E-state index in [1.807, 2.05) is 13.0 Å². The van der Waals surface area contributed by atoms with Gasteiger partial charge in [0.05, 0.1) is 5.56 Å². The molecule has 0 radical (unpaired) electrons. The average Bonchev–Trinajstić information content (AvgIpc) is 2.59. The van der Waals surface area contributed by atoms with Crippen molar-refractivity contribution < 1.29 is 13.9 Å². The van der Waals surface area contributed by atoms with Crippen LogP contribution in [0.15, 0.2) is 48.5 Å². The molecule has 2 aromatic rings. The number of nitrogens with zero attached hydrogens (tertiary/aromatic N) is 2. The molecule has 2 aromatic carbocycles. The van der Waals surface area contributed by atoms with Crippen LogP contribution in [0.2, 0.25) is 0 Å². The fourth-order valence-corrected chi connectivity index (χ4v) is 2.36. The molecule has 1 unspecified atom stereocenters. The summed E-state index contributed by atoms with van der Waals surface area (Å²) in [5, 5.41) is 9.09. The van der Waals surface area contributed by atoms with Gasteiger partial charge in [0, 0.05) is 13.1 Å². The first kappa shape index (κ1) is 17.5. The molecule has 0 heterocycles. The van der Waals surface area contributed by atoms with Crippen LogP contribution in [0.1, 0.15) is 25.0 Å².